The minimum atomic E-state index is -0.858. The van der Waals surface area contributed by atoms with Gasteiger partial charge in [-0.25, -0.2) is 13.8 Å². The molecule has 2 aromatic carbocycles. The molecule has 0 radical (unpaired) electrons. The Morgan fingerprint density at radius 2 is 2.00 bits per heavy atom. The molecule has 1 aromatic heterocycles. The first-order valence-electron chi connectivity index (χ1n) is 7.23. The van der Waals surface area contributed by atoms with Crippen LogP contribution in [0.25, 0.3) is 10.9 Å². The Labute approximate surface area is 143 Å². The van der Waals surface area contributed by atoms with Crippen LogP contribution in [-0.2, 0) is 11.3 Å². The average molecular weight is 360 g/mol. The number of hydrogen-bond acceptors (Lipinski definition) is 5. The smallest absolute Gasteiger partial charge is 0.271 e. The predicted molar refractivity (Wildman–Crippen MR) is 87.6 cm³/mol. The van der Waals surface area contributed by atoms with E-state index in [9.17, 15) is 28.5 Å². The molecule has 1 heterocycles. The molecule has 10 heteroatoms. The predicted octanol–water partition coefficient (Wildman–Crippen LogP) is 2.22. The van der Waals surface area contributed by atoms with E-state index in [-0.39, 0.29) is 16.6 Å². The molecule has 132 valence electrons. The van der Waals surface area contributed by atoms with Crippen molar-refractivity contribution in [1.82, 2.24) is 9.55 Å². The zero-order valence-corrected chi connectivity index (χ0v) is 13.0. The number of hydrogen-bond donors (Lipinski definition) is 1. The second-order valence-corrected chi connectivity index (χ2v) is 5.31. The van der Waals surface area contributed by atoms with Gasteiger partial charge in [0.2, 0.25) is 5.91 Å². The normalized spacial score (nSPS) is 10.7. The molecule has 1 amide bonds. The molecular weight excluding hydrogens is 350 g/mol. The summed E-state index contributed by atoms with van der Waals surface area (Å²) in [4.78, 5) is 38.2. The fraction of sp³-hybridized carbons (Fsp3) is 0.0625. The maximum Gasteiger partial charge on any atom is 0.271 e. The Kier molecular flexibility index (Phi) is 4.40. The average Bonchev–Trinajstić information content (AvgIpc) is 2.59. The highest BCUT2D eigenvalue weighted by Crippen LogP contribution is 2.21. The number of amides is 1. The summed E-state index contributed by atoms with van der Waals surface area (Å²) in [6.07, 6.45) is 1.06. The van der Waals surface area contributed by atoms with Crippen molar-refractivity contribution in [1.29, 1.82) is 0 Å². The molecule has 0 aliphatic carbocycles. The minimum absolute atomic E-state index is 0.114. The van der Waals surface area contributed by atoms with Gasteiger partial charge in [0.15, 0.2) is 0 Å². The maximum atomic E-state index is 13.7. The number of nitrogens with zero attached hydrogens (tertiary/aromatic N) is 3. The van der Waals surface area contributed by atoms with E-state index < -0.39 is 40.3 Å². The molecule has 0 fully saturated rings. The van der Waals surface area contributed by atoms with Gasteiger partial charge in [-0.15, -0.1) is 0 Å². The molecule has 0 atom stereocenters. The number of fused-ring (bicyclic) bond motifs is 1. The zero-order valence-electron chi connectivity index (χ0n) is 13.0. The van der Waals surface area contributed by atoms with Crippen LogP contribution in [0.1, 0.15) is 0 Å². The van der Waals surface area contributed by atoms with Crippen molar-refractivity contribution >= 4 is 28.2 Å². The lowest BCUT2D eigenvalue weighted by Gasteiger charge is -2.08. The number of anilines is 1. The van der Waals surface area contributed by atoms with Crippen LogP contribution >= 0.6 is 0 Å². The summed E-state index contributed by atoms with van der Waals surface area (Å²) >= 11 is 0. The first kappa shape index (κ1) is 17.1. The van der Waals surface area contributed by atoms with Crippen LogP contribution in [0.15, 0.2) is 47.5 Å². The molecule has 8 nitrogen and oxygen atoms in total. The highest BCUT2D eigenvalue weighted by Gasteiger charge is 2.14. The van der Waals surface area contributed by atoms with Gasteiger partial charge < -0.3 is 5.32 Å². The quantitative estimate of drug-likeness (QED) is 0.567. The lowest BCUT2D eigenvalue weighted by molar-refractivity contribution is -0.384. The van der Waals surface area contributed by atoms with E-state index in [2.05, 4.69) is 10.3 Å². The van der Waals surface area contributed by atoms with E-state index >= 15 is 0 Å². The van der Waals surface area contributed by atoms with Gasteiger partial charge in [-0.3, -0.25) is 24.3 Å². The van der Waals surface area contributed by atoms with Crippen LogP contribution in [0, 0.1) is 21.7 Å². The monoisotopic (exact) mass is 360 g/mol. The van der Waals surface area contributed by atoms with Crippen LogP contribution in [0.4, 0.5) is 20.2 Å². The zero-order chi connectivity index (χ0) is 18.8. The number of aromatic nitrogens is 2. The van der Waals surface area contributed by atoms with E-state index in [1.165, 1.54) is 6.07 Å². The number of nitro benzene ring substituents is 1. The van der Waals surface area contributed by atoms with Crippen LogP contribution in [0.5, 0.6) is 0 Å². The number of benzene rings is 2. The van der Waals surface area contributed by atoms with E-state index in [1.54, 1.807) is 0 Å². The van der Waals surface area contributed by atoms with Crippen molar-refractivity contribution in [3.05, 3.63) is 74.8 Å². The number of non-ortho nitro benzene ring substituents is 1. The van der Waals surface area contributed by atoms with E-state index in [1.807, 2.05) is 0 Å². The summed E-state index contributed by atoms with van der Waals surface area (Å²) in [6, 6.07) is 6.11. The van der Waals surface area contributed by atoms with Crippen molar-refractivity contribution in [2.45, 2.75) is 6.54 Å². The topological polar surface area (TPSA) is 107 Å². The third-order valence-electron chi connectivity index (χ3n) is 3.54. The fourth-order valence-corrected chi connectivity index (χ4v) is 2.31. The SMILES string of the molecule is O=C(Cn1cnc2cc(F)ccc2c1=O)Nc1cc([N+](=O)[O-])ccc1F. The summed E-state index contributed by atoms with van der Waals surface area (Å²) in [5.74, 6) is -2.20. The molecule has 0 unspecified atom stereocenters. The molecule has 0 aliphatic rings. The molecule has 0 aliphatic heterocycles. The van der Waals surface area contributed by atoms with Crippen molar-refractivity contribution in [2.75, 3.05) is 5.32 Å². The highest BCUT2D eigenvalue weighted by atomic mass is 19.1. The number of carbonyl (C=O) groups is 1. The second-order valence-electron chi connectivity index (χ2n) is 5.31. The van der Waals surface area contributed by atoms with Gasteiger partial charge in [-0.1, -0.05) is 0 Å². The first-order chi connectivity index (χ1) is 12.3. The number of halogens is 2. The molecule has 26 heavy (non-hydrogen) atoms. The Balaban J connectivity index is 1.85. The Morgan fingerprint density at radius 1 is 1.23 bits per heavy atom. The molecule has 0 saturated heterocycles. The number of nitrogens with one attached hydrogen (secondary N) is 1. The van der Waals surface area contributed by atoms with Crippen molar-refractivity contribution in [2.24, 2.45) is 0 Å². The minimum Gasteiger partial charge on any atom is -0.322 e. The highest BCUT2D eigenvalue weighted by molar-refractivity contribution is 5.91. The Morgan fingerprint density at radius 3 is 2.73 bits per heavy atom. The second kappa shape index (κ2) is 6.67. The Bertz CT molecular complexity index is 1100. The first-order valence-corrected chi connectivity index (χ1v) is 7.23. The lowest BCUT2D eigenvalue weighted by atomic mass is 10.2. The van der Waals surface area contributed by atoms with E-state index in [4.69, 9.17) is 0 Å². The third-order valence-corrected chi connectivity index (χ3v) is 3.54. The van der Waals surface area contributed by atoms with Crippen molar-refractivity contribution in [3.8, 4) is 0 Å². The molecule has 3 rings (SSSR count). The van der Waals surface area contributed by atoms with Gasteiger partial charge in [0.1, 0.15) is 18.2 Å². The van der Waals surface area contributed by atoms with E-state index in [0.717, 1.165) is 41.2 Å². The van der Waals surface area contributed by atoms with Gasteiger partial charge in [0.25, 0.3) is 11.2 Å². The molecule has 3 aromatic rings. The standard InChI is InChI=1S/C16H10F2N4O4/c17-9-1-3-11-13(5-9)19-8-21(16(11)24)7-15(23)20-14-6-10(22(25)26)2-4-12(14)18/h1-6,8H,7H2,(H,20,23). The van der Waals surface area contributed by atoms with Crippen LogP contribution in [-0.4, -0.2) is 20.4 Å². The van der Waals surface area contributed by atoms with E-state index in [0.29, 0.717) is 0 Å². The third kappa shape index (κ3) is 3.38. The van der Waals surface area contributed by atoms with Crippen LogP contribution in [0.2, 0.25) is 0 Å². The summed E-state index contributed by atoms with van der Waals surface area (Å²) in [5, 5.41) is 13.0. The van der Waals surface area contributed by atoms with Crippen LogP contribution < -0.4 is 10.9 Å². The summed E-state index contributed by atoms with van der Waals surface area (Å²) < 4.78 is 27.8. The number of nitro groups is 1. The lowest BCUT2D eigenvalue weighted by Crippen LogP contribution is -2.28. The number of rotatable bonds is 4. The van der Waals surface area contributed by atoms with Gasteiger partial charge in [0.05, 0.1) is 27.8 Å². The summed E-state index contributed by atoms with van der Waals surface area (Å²) in [6.45, 7) is -0.499. The molecule has 0 bridgehead atoms. The van der Waals surface area contributed by atoms with Crippen LogP contribution in [0.3, 0.4) is 0 Å². The van der Waals surface area contributed by atoms with Gasteiger partial charge in [-0.2, -0.15) is 0 Å². The largest absolute Gasteiger partial charge is 0.322 e. The van der Waals surface area contributed by atoms with Gasteiger partial charge >= 0.3 is 0 Å². The maximum absolute atomic E-state index is 13.7. The van der Waals surface area contributed by atoms with Crippen molar-refractivity contribution < 1.29 is 18.5 Å². The van der Waals surface area contributed by atoms with Crippen molar-refractivity contribution in [3.63, 3.8) is 0 Å². The fourth-order valence-electron chi connectivity index (χ4n) is 2.31. The molecule has 0 saturated carbocycles. The van der Waals surface area contributed by atoms with Gasteiger partial charge in [0, 0.05) is 18.2 Å². The van der Waals surface area contributed by atoms with Gasteiger partial charge in [-0.05, 0) is 18.2 Å². The summed E-state index contributed by atoms with van der Waals surface area (Å²) in [5.41, 5.74) is -1.22. The molecular formula is C16H10F2N4O4. The molecule has 1 N–H and O–H groups in total. The summed E-state index contributed by atoms with van der Waals surface area (Å²) in [7, 11) is 0. The Hall–Kier alpha value is -3.69. The molecule has 0 spiro atoms. The number of carbonyl (C=O) groups excluding carboxylic acids is 1.